The largest absolute Gasteiger partial charge is 1.00 e. The molecule has 0 spiro atoms. The Bertz CT molecular complexity index is 5620. The number of alkyl halides is 1. The van der Waals surface area contributed by atoms with Crippen LogP contribution in [0.3, 0.4) is 0 Å². The molecule has 0 aliphatic carbocycles. The number of fused-ring (bicyclic) bond motifs is 2. The number of aliphatic hydroxyl groups excluding tert-OH is 1. The number of amides is 1. The summed E-state index contributed by atoms with van der Waals surface area (Å²) in [5.41, 5.74) is 9.82. The van der Waals surface area contributed by atoms with Crippen molar-refractivity contribution in [2.45, 2.75) is 64.3 Å². The predicted molar refractivity (Wildman–Crippen MR) is 467 cm³/mol. The van der Waals surface area contributed by atoms with Crippen LogP contribution < -0.4 is 35.6 Å². The number of carboxylic acids is 3. The average Bonchev–Trinajstić information content (AvgIpc) is 1.68. The van der Waals surface area contributed by atoms with Crippen LogP contribution in [0.15, 0.2) is 226 Å². The molecule has 32 nitrogen and oxygen atoms in total. The maximum atomic E-state index is 14.1. The Morgan fingerprint density at radius 3 is 1.20 bits per heavy atom. The number of nitrogen functional groups attached to an aromatic ring is 2. The van der Waals surface area contributed by atoms with E-state index in [4.69, 9.17) is 42.7 Å². The average molecular weight is 1990 g/mol. The summed E-state index contributed by atoms with van der Waals surface area (Å²) >= 11 is 10.2. The summed E-state index contributed by atoms with van der Waals surface area (Å²) < 4.78 is 119. The van der Waals surface area contributed by atoms with Gasteiger partial charge in [-0.2, -0.15) is 4.39 Å². The first-order chi connectivity index (χ1) is 59.4. The molecule has 1 amide bonds. The third kappa shape index (κ3) is 33.5. The number of rotatable bonds is 17. The number of carbonyl (C=O) groups excluding carboxylic acids is 7. The van der Waals surface area contributed by atoms with Crippen molar-refractivity contribution in [3.8, 4) is 0 Å². The Hall–Kier alpha value is -12.2. The molecule has 10 aromatic rings. The minimum absolute atomic E-state index is 0. The van der Waals surface area contributed by atoms with E-state index < -0.39 is 126 Å². The molecule has 128 heavy (non-hydrogen) atoms. The minimum Gasteiger partial charge on any atom is -0.870 e. The summed E-state index contributed by atoms with van der Waals surface area (Å²) in [6, 6.07) is 42.2. The Kier molecular flexibility index (Phi) is 51.8. The fourth-order valence-electron chi connectivity index (χ4n) is 9.70. The van der Waals surface area contributed by atoms with Crippen LogP contribution in [0.5, 0.6) is 0 Å². The van der Waals surface area contributed by atoms with Crippen molar-refractivity contribution in [3.05, 3.63) is 293 Å². The molecular formula is C83H79F6ILiN5O27S5. The van der Waals surface area contributed by atoms with Crippen molar-refractivity contribution >= 4 is 170 Å². The van der Waals surface area contributed by atoms with Crippen LogP contribution in [0.4, 0.5) is 54.8 Å². The van der Waals surface area contributed by atoms with Crippen LogP contribution in [-0.2, 0) is 33.2 Å². The fourth-order valence-corrected chi connectivity index (χ4v) is 14.0. The van der Waals surface area contributed by atoms with E-state index in [9.17, 15) is 94.5 Å². The topological polar surface area (TPSA) is 528 Å². The number of carbonyl (C=O) groups is 10. The van der Waals surface area contributed by atoms with E-state index in [1.54, 1.807) is 103 Å². The maximum Gasteiger partial charge on any atom is 1.00 e. The van der Waals surface area contributed by atoms with E-state index in [2.05, 4.69) is 41.6 Å². The van der Waals surface area contributed by atoms with Crippen LogP contribution in [0.1, 0.15) is 125 Å². The van der Waals surface area contributed by atoms with Crippen molar-refractivity contribution in [2.24, 2.45) is 0 Å². The molecule has 0 aromatic heterocycles. The van der Waals surface area contributed by atoms with Gasteiger partial charge < -0.3 is 81.3 Å². The van der Waals surface area contributed by atoms with Crippen molar-refractivity contribution in [1.29, 1.82) is 0 Å². The first-order valence-electron chi connectivity index (χ1n) is 35.0. The molecule has 10 aromatic carbocycles. The number of nitro groups is 2. The van der Waals surface area contributed by atoms with Gasteiger partial charge >= 0.3 is 78.3 Å². The second-order valence-corrected chi connectivity index (χ2v) is 28.0. The molecule has 2 aliphatic heterocycles. The molecule has 0 unspecified atom stereocenters. The molecule has 0 bridgehead atoms. The molecule has 2 heterocycles. The quantitative estimate of drug-likeness (QED) is 0.00401. The van der Waals surface area contributed by atoms with Gasteiger partial charge in [-0.05, 0) is 121 Å². The fraction of sp³-hybridized carbons (Fsp3) is 0.157. The number of anilines is 3. The Balaban J connectivity index is 0.00000150. The van der Waals surface area contributed by atoms with E-state index in [0.29, 0.717) is 67.6 Å². The van der Waals surface area contributed by atoms with Gasteiger partial charge in [-0.3, -0.25) is 25.0 Å². The summed E-state index contributed by atoms with van der Waals surface area (Å²) in [5.74, 6) is -14.6. The molecule has 0 saturated carbocycles. The first kappa shape index (κ1) is 114. The van der Waals surface area contributed by atoms with Gasteiger partial charge in [0.25, 0.3) is 11.6 Å². The van der Waals surface area contributed by atoms with Gasteiger partial charge in [0.15, 0.2) is 0 Å². The van der Waals surface area contributed by atoms with Crippen LogP contribution in [0, 0.1) is 55.1 Å². The van der Waals surface area contributed by atoms with Crippen molar-refractivity contribution < 1.29 is 169 Å². The zero-order chi connectivity index (χ0) is 93.5. The molecule has 1 saturated heterocycles. The van der Waals surface area contributed by atoms with E-state index >= 15 is 0 Å². The van der Waals surface area contributed by atoms with Gasteiger partial charge in [-0.25, -0.2) is 65.1 Å². The molecule has 12 N–H and O–H groups in total. The van der Waals surface area contributed by atoms with Crippen LogP contribution in [0.25, 0.3) is 0 Å². The number of ether oxygens (including phenoxy) is 7. The summed E-state index contributed by atoms with van der Waals surface area (Å²) in [4.78, 5) is 137. The molecule has 45 heteroatoms. The summed E-state index contributed by atoms with van der Waals surface area (Å²) in [5, 5.41) is 58.0. The molecule has 2 aliphatic rings. The number of esters is 6. The minimum atomic E-state index is -1.42. The summed E-state index contributed by atoms with van der Waals surface area (Å²) in [6.45, 7) is 2.00. The number of aliphatic hydroxyl groups is 1. The predicted octanol–water partition coefficient (Wildman–Crippen LogP) is 14.3. The Morgan fingerprint density at radius 1 is 0.461 bits per heavy atom. The Morgan fingerprint density at radius 2 is 0.781 bits per heavy atom. The van der Waals surface area contributed by atoms with E-state index in [1.165, 1.54) is 64.1 Å². The normalized spacial score (nSPS) is 10.6. The van der Waals surface area contributed by atoms with E-state index in [0.717, 1.165) is 119 Å². The number of benzene rings is 10. The third-order valence-corrected chi connectivity index (χ3v) is 20.5. The SMILES string of the molecule is C.C1CCOC1.CO.COC(=O)c1cc(N)c(Sc2ccccc2C(=O)OC)cc1F.COC(=O)c1cc([N+](=O)[O-])c(F)cc1F.COC(=O)c1cc([N+](=O)[O-])c(Sc2ccccc2C(=O)OC)cc1F.COC(=O)c1ccccc1S.Nc1cc(C(=O)O)c(F)cc1Sc1ccccc1C(=O)O.O.O=C(O)c1cc2c(cc1F)Sc1ccccc1C(=O)N2.[2H]CI.[Li+].[OH-]. The number of nitrogens with two attached hydrogens (primary N) is 2. The number of carboxylic acid groups (broad SMARTS) is 3. The van der Waals surface area contributed by atoms with Crippen LogP contribution in [-0.4, -0.2) is 169 Å². The smallest absolute Gasteiger partial charge is 0.870 e. The van der Waals surface area contributed by atoms with Gasteiger partial charge in [0, 0.05) is 90.4 Å². The number of halogens is 7. The zero-order valence-electron chi connectivity index (χ0n) is 68.4. The van der Waals surface area contributed by atoms with Crippen LogP contribution in [0.2, 0.25) is 0 Å². The zero-order valence-corrected chi connectivity index (χ0v) is 73.8. The number of nitrogens with zero attached hydrogens (tertiary/aromatic N) is 2. The molecule has 0 radical (unpaired) electrons. The van der Waals surface area contributed by atoms with Crippen LogP contribution >= 0.6 is 82.3 Å². The summed E-state index contributed by atoms with van der Waals surface area (Å²) in [6.07, 6.45) is 2.56. The van der Waals surface area contributed by atoms with Gasteiger partial charge in [-0.1, -0.05) is 138 Å². The van der Waals surface area contributed by atoms with E-state index in [1.807, 2.05) is 28.7 Å². The Labute approximate surface area is 775 Å². The number of methoxy groups -OCH3 is 6. The third-order valence-electron chi connectivity index (χ3n) is 15.5. The van der Waals surface area contributed by atoms with Crippen molar-refractivity contribution in [1.82, 2.24) is 0 Å². The van der Waals surface area contributed by atoms with Crippen molar-refractivity contribution in [3.63, 3.8) is 0 Å². The second-order valence-electron chi connectivity index (χ2n) is 23.2. The number of hydrogen-bond acceptors (Lipinski definition) is 30. The molecular weight excluding hydrogens is 1910 g/mol. The van der Waals surface area contributed by atoms with Gasteiger partial charge in [-0.15, -0.1) is 12.6 Å². The number of hydrogen-bond donors (Lipinski definition) is 8. The van der Waals surface area contributed by atoms with E-state index in [-0.39, 0.29) is 93.0 Å². The number of aromatic carboxylic acids is 3. The second kappa shape index (κ2) is 58.2. The summed E-state index contributed by atoms with van der Waals surface area (Å²) in [7, 11) is 8.02. The first-order valence-corrected chi connectivity index (χ1v) is 39.6. The molecule has 678 valence electrons. The molecule has 0 atom stereocenters. The number of nitrogens with one attached hydrogen (secondary N) is 1. The maximum absolute atomic E-state index is 14.1. The number of thiol groups is 1. The number of nitro benzene ring substituents is 2. The monoisotopic (exact) mass is 1990 g/mol. The van der Waals surface area contributed by atoms with Crippen molar-refractivity contribution in [2.75, 3.05) is 84.7 Å². The molecule has 12 rings (SSSR count). The molecule has 1 fully saturated rings. The van der Waals surface area contributed by atoms with Gasteiger partial charge in [0.2, 0.25) is 5.82 Å². The standard InChI is InChI=1S/C16H12FNO6S.C16H14FNO4S.C14H10FNO4S.C14H8FNO3S.C8H5F2NO4.C8H8O2S.C4H8O.CH3I.CH4O.CH4.Li.2H2O/c1-23-15(19)9-5-3-4-6-13(9)25-14-8-11(17)10(16(20)24-2)7-12(14)18(21)22;1-21-15(19)9-5-3-4-6-13(9)23-14-8-11(17)10(7-12(14)18)16(20)22-2;15-9-6-12(10(16)5-8(9)14(19)20)21-11-4-2-1-3-7(11)13(17)18;15-9-6-12-10(5-8(9)14(18)19)16-13(17)7-3-1-2-4-11(7)20-12;1-15-8(12)4-2-7(11(13)14)6(10)3-5(4)9;1-10-8(9)6-4-2-3-5-7(6)11;1-2-4-5-3-1;2*1-2;;;;/h3-8H,1-2H3;3-8H,18H2,1-2H3;1-6H,16H2,(H,17,18)(H,19,20);1-6H,(H,16,17)(H,18,19);2-3H,1H3;2-5,11H,1H3;1-4H2;1H3;2H,1H3;1H4;;2*1H2/q;;;;;;;;;;+1;;/p-1/i;;;;;;;1D;;;;;. The van der Waals surface area contributed by atoms with Gasteiger partial charge in [0.1, 0.15) is 40.2 Å². The van der Waals surface area contributed by atoms with Gasteiger partial charge in [0.05, 0.1) is 108 Å².